The van der Waals surface area contributed by atoms with E-state index in [1.807, 2.05) is 54.8 Å². The first-order chi connectivity index (χ1) is 13.6. The van der Waals surface area contributed by atoms with Gasteiger partial charge in [0.2, 0.25) is 5.91 Å². The topological polar surface area (TPSA) is 68.5 Å². The van der Waals surface area contributed by atoms with Gasteiger partial charge in [-0.1, -0.05) is 37.3 Å². The minimum atomic E-state index is -0.434. The van der Waals surface area contributed by atoms with Gasteiger partial charge in [-0.05, 0) is 24.6 Å². The number of carbonyl (C=O) groups excluding carboxylic acids is 2. The number of furan rings is 1. The molecule has 0 atom stereocenters. The van der Waals surface area contributed by atoms with Crippen molar-refractivity contribution in [1.82, 2.24) is 0 Å². The lowest BCUT2D eigenvalue weighted by Crippen LogP contribution is -2.15. The molecule has 0 aliphatic heterocycles. The molecule has 0 unspecified atom stereocenters. The standard InChI is InChI=1S/C22H23NO4S/c1-3-16-10-11-17(27-16)12-13-19(24)23-21-20(22(25)26-4-2)18(14-28-21)15-8-6-5-7-9-15/h5-11,14H,3-4,12-13H2,1-2H3,(H,23,24). The maximum absolute atomic E-state index is 12.5. The number of carbonyl (C=O) groups is 2. The molecule has 0 radical (unpaired) electrons. The van der Waals surface area contributed by atoms with Crippen molar-refractivity contribution < 1.29 is 18.7 Å². The average Bonchev–Trinajstić information content (AvgIpc) is 3.34. The maximum Gasteiger partial charge on any atom is 0.341 e. The number of hydrogen-bond donors (Lipinski definition) is 1. The summed E-state index contributed by atoms with van der Waals surface area (Å²) in [4.78, 5) is 25.0. The highest BCUT2D eigenvalue weighted by Gasteiger charge is 2.22. The lowest BCUT2D eigenvalue weighted by Gasteiger charge is -2.08. The molecular weight excluding hydrogens is 374 g/mol. The summed E-state index contributed by atoms with van der Waals surface area (Å²) in [6.07, 6.45) is 1.61. The Hall–Kier alpha value is -2.86. The molecule has 0 saturated carbocycles. The molecule has 3 rings (SSSR count). The Kier molecular flexibility index (Phi) is 6.66. The fourth-order valence-electron chi connectivity index (χ4n) is 2.86. The van der Waals surface area contributed by atoms with Crippen molar-refractivity contribution in [1.29, 1.82) is 0 Å². The molecule has 1 amide bonds. The SMILES string of the molecule is CCOC(=O)c1c(-c2ccccc2)csc1NC(=O)CCc1ccc(CC)o1. The first-order valence-corrected chi connectivity index (χ1v) is 10.2. The van der Waals surface area contributed by atoms with E-state index in [2.05, 4.69) is 5.32 Å². The third-order valence-electron chi connectivity index (χ3n) is 4.27. The Morgan fingerprint density at radius 3 is 2.50 bits per heavy atom. The number of thiophene rings is 1. The third kappa shape index (κ3) is 4.70. The molecule has 146 valence electrons. The molecule has 0 aliphatic carbocycles. The third-order valence-corrected chi connectivity index (χ3v) is 5.17. The van der Waals surface area contributed by atoms with Crippen LogP contribution >= 0.6 is 11.3 Å². The number of rotatable bonds is 8. The smallest absolute Gasteiger partial charge is 0.341 e. The highest BCUT2D eigenvalue weighted by Crippen LogP contribution is 2.36. The second-order valence-electron chi connectivity index (χ2n) is 6.21. The summed E-state index contributed by atoms with van der Waals surface area (Å²) < 4.78 is 10.9. The monoisotopic (exact) mass is 397 g/mol. The first-order valence-electron chi connectivity index (χ1n) is 9.33. The molecule has 2 heterocycles. The van der Waals surface area contributed by atoms with E-state index in [9.17, 15) is 9.59 Å². The molecule has 6 heteroatoms. The maximum atomic E-state index is 12.5. The van der Waals surface area contributed by atoms with Crippen molar-refractivity contribution in [3.8, 4) is 11.1 Å². The number of hydrogen-bond acceptors (Lipinski definition) is 5. The summed E-state index contributed by atoms with van der Waals surface area (Å²) >= 11 is 1.33. The molecule has 5 nitrogen and oxygen atoms in total. The largest absolute Gasteiger partial charge is 0.466 e. The summed E-state index contributed by atoms with van der Waals surface area (Å²) in [5.41, 5.74) is 2.07. The number of benzene rings is 1. The predicted molar refractivity (Wildman–Crippen MR) is 111 cm³/mol. The molecular formula is C22H23NO4S. The van der Waals surface area contributed by atoms with E-state index in [0.717, 1.165) is 29.1 Å². The van der Waals surface area contributed by atoms with E-state index in [-0.39, 0.29) is 18.9 Å². The van der Waals surface area contributed by atoms with Crippen LogP contribution < -0.4 is 5.32 Å². The molecule has 2 aromatic heterocycles. The van der Waals surface area contributed by atoms with Crippen molar-refractivity contribution in [2.45, 2.75) is 33.1 Å². The molecule has 0 aliphatic rings. The first kappa shape index (κ1) is 19.9. The second kappa shape index (κ2) is 9.37. The molecule has 0 saturated heterocycles. The van der Waals surface area contributed by atoms with Crippen LogP contribution in [0.2, 0.25) is 0 Å². The van der Waals surface area contributed by atoms with Crippen LogP contribution in [-0.2, 0) is 22.4 Å². The highest BCUT2D eigenvalue weighted by atomic mass is 32.1. The van der Waals surface area contributed by atoms with Gasteiger partial charge in [-0.25, -0.2) is 4.79 Å². The van der Waals surface area contributed by atoms with E-state index < -0.39 is 5.97 Å². The summed E-state index contributed by atoms with van der Waals surface area (Å²) in [6, 6.07) is 13.4. The lowest BCUT2D eigenvalue weighted by atomic mass is 10.0. The number of aryl methyl sites for hydroxylation is 2. The van der Waals surface area contributed by atoms with Gasteiger partial charge in [0, 0.05) is 30.2 Å². The number of amides is 1. The Morgan fingerprint density at radius 1 is 1.07 bits per heavy atom. The average molecular weight is 397 g/mol. The number of anilines is 1. The zero-order valence-corrected chi connectivity index (χ0v) is 16.8. The van der Waals surface area contributed by atoms with Gasteiger partial charge in [-0.3, -0.25) is 4.79 Å². The van der Waals surface area contributed by atoms with Crippen LogP contribution in [-0.4, -0.2) is 18.5 Å². The molecule has 28 heavy (non-hydrogen) atoms. The van der Waals surface area contributed by atoms with Crippen LogP contribution in [0.15, 0.2) is 52.3 Å². The molecule has 0 bridgehead atoms. The van der Waals surface area contributed by atoms with Crippen LogP contribution in [0.1, 0.15) is 42.1 Å². The lowest BCUT2D eigenvalue weighted by molar-refractivity contribution is -0.116. The van der Waals surface area contributed by atoms with Crippen molar-refractivity contribution in [3.05, 3.63) is 64.9 Å². The zero-order valence-electron chi connectivity index (χ0n) is 16.0. The normalized spacial score (nSPS) is 10.6. The van der Waals surface area contributed by atoms with Gasteiger partial charge >= 0.3 is 5.97 Å². The summed E-state index contributed by atoms with van der Waals surface area (Å²) in [5, 5.41) is 5.25. The number of ether oxygens (including phenoxy) is 1. The number of esters is 1. The Bertz CT molecular complexity index is 943. The minimum Gasteiger partial charge on any atom is -0.466 e. The van der Waals surface area contributed by atoms with Crippen molar-refractivity contribution in [2.24, 2.45) is 0 Å². The van der Waals surface area contributed by atoms with Gasteiger partial charge in [0.25, 0.3) is 0 Å². The van der Waals surface area contributed by atoms with E-state index in [4.69, 9.17) is 9.15 Å². The summed E-state index contributed by atoms with van der Waals surface area (Å²) in [6.45, 7) is 4.06. The molecule has 0 fully saturated rings. The highest BCUT2D eigenvalue weighted by molar-refractivity contribution is 7.15. The fourth-order valence-corrected chi connectivity index (χ4v) is 3.83. The van der Waals surface area contributed by atoms with Gasteiger partial charge in [-0.15, -0.1) is 11.3 Å². The van der Waals surface area contributed by atoms with Crippen LogP contribution in [0.5, 0.6) is 0 Å². The van der Waals surface area contributed by atoms with Crippen LogP contribution in [0.25, 0.3) is 11.1 Å². The van der Waals surface area contributed by atoms with Gasteiger partial charge in [-0.2, -0.15) is 0 Å². The molecule has 3 aromatic rings. The number of nitrogens with one attached hydrogen (secondary N) is 1. The van der Waals surface area contributed by atoms with Crippen molar-refractivity contribution >= 4 is 28.2 Å². The van der Waals surface area contributed by atoms with Gasteiger partial charge in [0.15, 0.2) is 0 Å². The van der Waals surface area contributed by atoms with Crippen LogP contribution in [0.3, 0.4) is 0 Å². The van der Waals surface area contributed by atoms with E-state index in [0.29, 0.717) is 17.0 Å². The Balaban J connectivity index is 1.76. The van der Waals surface area contributed by atoms with E-state index in [1.54, 1.807) is 6.92 Å². The second-order valence-corrected chi connectivity index (χ2v) is 7.09. The van der Waals surface area contributed by atoms with Crippen LogP contribution in [0.4, 0.5) is 5.00 Å². The van der Waals surface area contributed by atoms with Gasteiger partial charge in [0.1, 0.15) is 22.1 Å². The van der Waals surface area contributed by atoms with E-state index in [1.165, 1.54) is 11.3 Å². The van der Waals surface area contributed by atoms with Crippen molar-refractivity contribution in [3.63, 3.8) is 0 Å². The summed E-state index contributed by atoms with van der Waals surface area (Å²) in [5.74, 6) is 1.09. The Labute approximate surface area is 168 Å². The van der Waals surface area contributed by atoms with Crippen LogP contribution in [0, 0.1) is 0 Å². The molecule has 1 aromatic carbocycles. The Morgan fingerprint density at radius 2 is 1.82 bits per heavy atom. The van der Waals surface area contributed by atoms with Gasteiger partial charge in [0.05, 0.1) is 6.61 Å². The molecule has 1 N–H and O–H groups in total. The van der Waals surface area contributed by atoms with E-state index >= 15 is 0 Å². The van der Waals surface area contributed by atoms with Gasteiger partial charge < -0.3 is 14.5 Å². The quantitative estimate of drug-likeness (QED) is 0.523. The zero-order chi connectivity index (χ0) is 19.9. The molecule has 0 spiro atoms. The fraction of sp³-hybridized carbons (Fsp3) is 0.273. The minimum absolute atomic E-state index is 0.165. The van der Waals surface area contributed by atoms with Crippen molar-refractivity contribution in [2.75, 3.05) is 11.9 Å². The predicted octanol–water partition coefficient (Wildman–Crippen LogP) is 5.32. The summed E-state index contributed by atoms with van der Waals surface area (Å²) in [7, 11) is 0.